The van der Waals surface area contributed by atoms with Crippen molar-refractivity contribution in [3.05, 3.63) is 0 Å². The van der Waals surface area contributed by atoms with Gasteiger partial charge in [-0.2, -0.15) is 0 Å². The van der Waals surface area contributed by atoms with Gasteiger partial charge in [0.15, 0.2) is 0 Å². The maximum Gasteiger partial charge on any atom is 0.104 e. The van der Waals surface area contributed by atoms with Crippen LogP contribution < -0.4 is 5.32 Å². The Hall–Kier alpha value is -0.0800. The second kappa shape index (κ2) is 24.0. The number of hydrogen-bond acceptors (Lipinski definition) is 2. The SMILES string of the molecule is CCCCCCCCCCCCCCNC(O)CCCCCCCCCC. The second-order valence-corrected chi connectivity index (χ2v) is 8.62. The van der Waals surface area contributed by atoms with Gasteiger partial charge >= 0.3 is 0 Å². The highest BCUT2D eigenvalue weighted by atomic mass is 16.3. The van der Waals surface area contributed by atoms with Crippen LogP contribution in [-0.2, 0) is 0 Å². The lowest BCUT2D eigenvalue weighted by Gasteiger charge is -2.12. The number of aliphatic hydroxyl groups is 1. The molecule has 0 aliphatic carbocycles. The van der Waals surface area contributed by atoms with E-state index in [0.29, 0.717) is 0 Å². The standard InChI is InChI=1S/C25H53NO/c1-3-5-7-9-11-13-14-15-16-18-20-22-24-26-25(27)23-21-19-17-12-10-8-6-4-2/h25-27H,3-24H2,1-2H3. The maximum absolute atomic E-state index is 9.99. The molecule has 0 radical (unpaired) electrons. The van der Waals surface area contributed by atoms with Gasteiger partial charge in [-0.15, -0.1) is 0 Å². The van der Waals surface area contributed by atoms with Crippen LogP contribution in [0.1, 0.15) is 149 Å². The fourth-order valence-electron chi connectivity index (χ4n) is 3.81. The van der Waals surface area contributed by atoms with Gasteiger partial charge < -0.3 is 5.11 Å². The van der Waals surface area contributed by atoms with Gasteiger partial charge in [-0.25, -0.2) is 0 Å². The summed E-state index contributed by atoms with van der Waals surface area (Å²) in [4.78, 5) is 0. The number of aliphatic hydroxyl groups excluding tert-OH is 1. The molecule has 0 bridgehead atoms. The highest BCUT2D eigenvalue weighted by Crippen LogP contribution is 2.12. The summed E-state index contributed by atoms with van der Waals surface area (Å²) in [5.41, 5.74) is 0. The molecule has 0 amide bonds. The summed E-state index contributed by atoms with van der Waals surface area (Å²) in [5, 5.41) is 13.3. The summed E-state index contributed by atoms with van der Waals surface area (Å²) >= 11 is 0. The first-order valence-corrected chi connectivity index (χ1v) is 12.7. The Bertz CT molecular complexity index is 257. The van der Waals surface area contributed by atoms with E-state index < -0.39 is 0 Å². The Morgan fingerprint density at radius 2 is 0.815 bits per heavy atom. The van der Waals surface area contributed by atoms with E-state index in [1.165, 1.54) is 128 Å². The Labute approximate surface area is 172 Å². The zero-order valence-electron chi connectivity index (χ0n) is 19.1. The lowest BCUT2D eigenvalue weighted by molar-refractivity contribution is 0.124. The van der Waals surface area contributed by atoms with Gasteiger partial charge in [0.1, 0.15) is 6.23 Å². The minimum absolute atomic E-state index is 0.280. The normalized spacial score (nSPS) is 12.6. The third-order valence-electron chi connectivity index (χ3n) is 5.74. The fourth-order valence-corrected chi connectivity index (χ4v) is 3.81. The first kappa shape index (κ1) is 26.9. The van der Waals surface area contributed by atoms with Crippen LogP contribution in [0, 0.1) is 0 Å². The van der Waals surface area contributed by atoms with Crippen LogP contribution in [-0.4, -0.2) is 17.9 Å². The van der Waals surface area contributed by atoms with Gasteiger partial charge in [0.25, 0.3) is 0 Å². The molecule has 1 atom stereocenters. The topological polar surface area (TPSA) is 32.3 Å². The van der Waals surface area contributed by atoms with Gasteiger partial charge in [-0.05, 0) is 25.8 Å². The largest absolute Gasteiger partial charge is 0.379 e. The van der Waals surface area contributed by atoms with Gasteiger partial charge in [0.2, 0.25) is 0 Å². The van der Waals surface area contributed by atoms with Crippen molar-refractivity contribution < 1.29 is 5.11 Å². The average molecular weight is 384 g/mol. The molecule has 0 rings (SSSR count). The highest BCUT2D eigenvalue weighted by molar-refractivity contribution is 4.56. The van der Waals surface area contributed by atoms with Crippen LogP contribution >= 0.6 is 0 Å². The molecular weight excluding hydrogens is 330 g/mol. The lowest BCUT2D eigenvalue weighted by Crippen LogP contribution is -2.29. The third kappa shape index (κ3) is 23.9. The van der Waals surface area contributed by atoms with Crippen molar-refractivity contribution in [2.24, 2.45) is 0 Å². The van der Waals surface area contributed by atoms with Crippen molar-refractivity contribution in [2.45, 2.75) is 155 Å². The summed E-state index contributed by atoms with van der Waals surface area (Å²) in [5.74, 6) is 0. The van der Waals surface area contributed by atoms with Gasteiger partial charge in [0.05, 0.1) is 0 Å². The minimum atomic E-state index is -0.280. The molecule has 0 aromatic rings. The predicted molar refractivity (Wildman–Crippen MR) is 122 cm³/mol. The quantitative estimate of drug-likeness (QED) is 0.138. The van der Waals surface area contributed by atoms with Gasteiger partial charge in [0, 0.05) is 0 Å². The molecule has 2 nitrogen and oxygen atoms in total. The first-order chi connectivity index (χ1) is 13.3. The zero-order valence-corrected chi connectivity index (χ0v) is 19.1. The molecule has 0 heterocycles. The van der Waals surface area contributed by atoms with Crippen molar-refractivity contribution in [1.82, 2.24) is 5.32 Å². The van der Waals surface area contributed by atoms with E-state index in [2.05, 4.69) is 19.2 Å². The number of rotatable bonds is 23. The van der Waals surface area contributed by atoms with Crippen LogP contribution in [0.25, 0.3) is 0 Å². The first-order valence-electron chi connectivity index (χ1n) is 12.7. The predicted octanol–water partition coefficient (Wildman–Crippen LogP) is 8.13. The second-order valence-electron chi connectivity index (χ2n) is 8.62. The summed E-state index contributed by atoms with van der Waals surface area (Å²) in [6, 6.07) is 0. The van der Waals surface area contributed by atoms with E-state index >= 15 is 0 Å². The molecule has 0 aliphatic rings. The fraction of sp³-hybridized carbons (Fsp3) is 1.00. The summed E-state index contributed by atoms with van der Waals surface area (Å²) < 4.78 is 0. The van der Waals surface area contributed by atoms with Crippen LogP contribution in [0.4, 0.5) is 0 Å². The lowest BCUT2D eigenvalue weighted by atomic mass is 10.1. The van der Waals surface area contributed by atoms with Gasteiger partial charge in [-0.3, -0.25) is 5.32 Å². The van der Waals surface area contributed by atoms with E-state index in [1.54, 1.807) is 0 Å². The molecule has 0 aliphatic heterocycles. The monoisotopic (exact) mass is 383 g/mol. The van der Waals surface area contributed by atoms with Crippen molar-refractivity contribution >= 4 is 0 Å². The van der Waals surface area contributed by atoms with Crippen molar-refractivity contribution in [2.75, 3.05) is 6.54 Å². The Morgan fingerprint density at radius 3 is 1.22 bits per heavy atom. The molecule has 27 heavy (non-hydrogen) atoms. The van der Waals surface area contributed by atoms with Gasteiger partial charge in [-0.1, -0.05) is 129 Å². The van der Waals surface area contributed by atoms with Crippen molar-refractivity contribution in [1.29, 1.82) is 0 Å². The molecule has 2 heteroatoms. The van der Waals surface area contributed by atoms with E-state index in [-0.39, 0.29) is 6.23 Å². The van der Waals surface area contributed by atoms with Crippen molar-refractivity contribution in [3.8, 4) is 0 Å². The van der Waals surface area contributed by atoms with Crippen LogP contribution in [0.15, 0.2) is 0 Å². The van der Waals surface area contributed by atoms with E-state index in [1.807, 2.05) is 0 Å². The maximum atomic E-state index is 9.99. The molecule has 1 unspecified atom stereocenters. The van der Waals surface area contributed by atoms with Crippen molar-refractivity contribution in [3.63, 3.8) is 0 Å². The Kier molecular flexibility index (Phi) is 23.9. The number of unbranched alkanes of at least 4 members (excludes halogenated alkanes) is 18. The highest BCUT2D eigenvalue weighted by Gasteiger charge is 2.02. The molecule has 0 saturated carbocycles. The zero-order chi connectivity index (χ0) is 19.8. The average Bonchev–Trinajstić information content (AvgIpc) is 2.67. The Balaban J connectivity index is 3.11. The van der Waals surface area contributed by atoms with Crippen LogP contribution in [0.2, 0.25) is 0 Å². The van der Waals surface area contributed by atoms with Crippen LogP contribution in [0.3, 0.4) is 0 Å². The number of nitrogens with one attached hydrogen (secondary N) is 1. The minimum Gasteiger partial charge on any atom is -0.379 e. The molecule has 2 N–H and O–H groups in total. The van der Waals surface area contributed by atoms with E-state index in [9.17, 15) is 5.11 Å². The molecule has 0 spiro atoms. The third-order valence-corrected chi connectivity index (χ3v) is 5.74. The summed E-state index contributed by atoms with van der Waals surface area (Å²) in [6.45, 7) is 5.54. The number of hydrogen-bond donors (Lipinski definition) is 2. The molecule has 0 aromatic carbocycles. The van der Waals surface area contributed by atoms with E-state index in [0.717, 1.165) is 13.0 Å². The smallest absolute Gasteiger partial charge is 0.104 e. The van der Waals surface area contributed by atoms with Crippen LogP contribution in [0.5, 0.6) is 0 Å². The molecule has 0 fully saturated rings. The van der Waals surface area contributed by atoms with E-state index in [4.69, 9.17) is 0 Å². The summed E-state index contributed by atoms with van der Waals surface area (Å²) in [7, 11) is 0. The molecular formula is C25H53NO. The molecule has 164 valence electrons. The summed E-state index contributed by atoms with van der Waals surface area (Å²) in [6.07, 6.45) is 28.0. The molecule has 0 aromatic heterocycles. The molecule has 0 saturated heterocycles. The Morgan fingerprint density at radius 1 is 0.481 bits per heavy atom.